The quantitative estimate of drug-likeness (QED) is 0.451. The third-order valence-electron chi connectivity index (χ3n) is 5.15. The van der Waals surface area contributed by atoms with Crippen molar-refractivity contribution in [2.75, 3.05) is 6.61 Å². The Kier molecular flexibility index (Phi) is 9.62. The van der Waals surface area contributed by atoms with E-state index in [1.807, 2.05) is 52.0 Å². The highest BCUT2D eigenvalue weighted by molar-refractivity contribution is 6.35. The van der Waals surface area contributed by atoms with Crippen LogP contribution in [0, 0.1) is 0 Å². The highest BCUT2D eigenvalue weighted by Gasteiger charge is 2.31. The van der Waals surface area contributed by atoms with Crippen LogP contribution < -0.4 is 10.1 Å². The Balaban J connectivity index is 2.25. The van der Waals surface area contributed by atoms with Crippen LogP contribution in [-0.4, -0.2) is 34.9 Å². The van der Waals surface area contributed by atoms with Gasteiger partial charge in [-0.25, -0.2) is 0 Å². The van der Waals surface area contributed by atoms with Gasteiger partial charge in [-0.2, -0.15) is 0 Å². The van der Waals surface area contributed by atoms with Gasteiger partial charge in [0.25, 0.3) is 5.91 Å². The second-order valence-corrected chi connectivity index (χ2v) is 10.3. The van der Waals surface area contributed by atoms with Crippen LogP contribution in [0.4, 0.5) is 0 Å². The highest BCUT2D eigenvalue weighted by Crippen LogP contribution is 2.24. The number of nitrogens with zero attached hydrogens (tertiary/aromatic N) is 1. The van der Waals surface area contributed by atoms with Crippen molar-refractivity contribution in [1.29, 1.82) is 0 Å². The second-order valence-electron chi connectivity index (χ2n) is 9.43. The Bertz CT molecular complexity index is 953. The fourth-order valence-electron chi connectivity index (χ4n) is 3.38. The van der Waals surface area contributed by atoms with Gasteiger partial charge in [0, 0.05) is 22.1 Å². The number of rotatable bonds is 9. The fraction of sp³-hybridized carbons (Fsp3) is 0.462. The molecule has 0 aliphatic rings. The van der Waals surface area contributed by atoms with E-state index in [0.717, 1.165) is 0 Å². The van der Waals surface area contributed by atoms with Gasteiger partial charge in [0.2, 0.25) is 5.91 Å². The summed E-state index contributed by atoms with van der Waals surface area (Å²) in [6, 6.07) is 12.1. The molecule has 7 heteroatoms. The Hall–Kier alpha value is -2.24. The van der Waals surface area contributed by atoms with Crippen LogP contribution in [0.25, 0.3) is 0 Å². The standard InChI is InChI=1S/C26H34Cl2N2O3/c1-7-23(25(32)29-26(4,5)6)30(15-19-8-11-20(27)14-22(19)28)24(31)16-33-21-12-9-18(10-13-21)17(2)3/h8-14,17,23H,7,15-16H2,1-6H3,(H,29,32)/t23-/m1/s1. The molecule has 33 heavy (non-hydrogen) atoms. The molecule has 1 N–H and O–H groups in total. The zero-order chi connectivity index (χ0) is 24.8. The van der Waals surface area contributed by atoms with Crippen LogP contribution in [-0.2, 0) is 16.1 Å². The average Bonchev–Trinajstić information content (AvgIpc) is 2.72. The Morgan fingerprint density at radius 1 is 1.06 bits per heavy atom. The molecule has 0 aliphatic heterocycles. The van der Waals surface area contributed by atoms with Gasteiger partial charge in [0.15, 0.2) is 6.61 Å². The van der Waals surface area contributed by atoms with Gasteiger partial charge < -0.3 is 15.0 Å². The SMILES string of the molecule is CC[C@H](C(=O)NC(C)(C)C)N(Cc1ccc(Cl)cc1Cl)C(=O)COc1ccc(C(C)C)cc1. The summed E-state index contributed by atoms with van der Waals surface area (Å²) in [4.78, 5) is 27.9. The van der Waals surface area contributed by atoms with Crippen molar-refractivity contribution in [3.63, 3.8) is 0 Å². The molecule has 0 saturated carbocycles. The first-order valence-corrected chi connectivity index (χ1v) is 11.9. The maximum absolute atomic E-state index is 13.3. The normalized spacial score (nSPS) is 12.4. The van der Waals surface area contributed by atoms with Gasteiger partial charge in [-0.15, -0.1) is 0 Å². The van der Waals surface area contributed by atoms with Crippen molar-refractivity contribution >= 4 is 35.0 Å². The largest absolute Gasteiger partial charge is 0.484 e. The minimum absolute atomic E-state index is 0.167. The summed E-state index contributed by atoms with van der Waals surface area (Å²) in [6.07, 6.45) is 0.446. The van der Waals surface area contributed by atoms with Gasteiger partial charge in [-0.1, -0.05) is 62.2 Å². The molecule has 0 heterocycles. The van der Waals surface area contributed by atoms with Crippen LogP contribution in [0.1, 0.15) is 65.0 Å². The van der Waals surface area contributed by atoms with E-state index in [-0.39, 0.29) is 25.0 Å². The van der Waals surface area contributed by atoms with Crippen LogP contribution >= 0.6 is 23.2 Å². The van der Waals surface area contributed by atoms with E-state index in [4.69, 9.17) is 27.9 Å². The Labute approximate surface area is 207 Å². The van der Waals surface area contributed by atoms with E-state index in [1.54, 1.807) is 18.2 Å². The van der Waals surface area contributed by atoms with Crippen molar-refractivity contribution in [1.82, 2.24) is 10.2 Å². The number of halogens is 2. The number of ether oxygens (including phenoxy) is 1. The summed E-state index contributed by atoms with van der Waals surface area (Å²) >= 11 is 12.4. The number of nitrogens with one attached hydrogen (secondary N) is 1. The van der Waals surface area contributed by atoms with E-state index >= 15 is 0 Å². The maximum Gasteiger partial charge on any atom is 0.261 e. The first kappa shape index (κ1) is 27.0. The fourth-order valence-corrected chi connectivity index (χ4v) is 3.85. The third kappa shape index (κ3) is 8.24. The van der Waals surface area contributed by atoms with Gasteiger partial charge in [0.1, 0.15) is 11.8 Å². The molecular weight excluding hydrogens is 459 g/mol. The smallest absolute Gasteiger partial charge is 0.261 e. The Morgan fingerprint density at radius 3 is 2.21 bits per heavy atom. The monoisotopic (exact) mass is 492 g/mol. The van der Waals surface area contributed by atoms with Gasteiger partial charge in [-0.3, -0.25) is 9.59 Å². The van der Waals surface area contributed by atoms with Crippen molar-refractivity contribution in [3.05, 3.63) is 63.6 Å². The molecular formula is C26H34Cl2N2O3. The number of carbonyl (C=O) groups is 2. The molecule has 0 bridgehead atoms. The first-order chi connectivity index (χ1) is 15.4. The molecule has 180 valence electrons. The highest BCUT2D eigenvalue weighted by atomic mass is 35.5. The van der Waals surface area contributed by atoms with E-state index in [1.165, 1.54) is 10.5 Å². The number of benzene rings is 2. The number of carbonyl (C=O) groups excluding carboxylic acids is 2. The van der Waals surface area contributed by atoms with E-state index < -0.39 is 11.6 Å². The molecule has 5 nitrogen and oxygen atoms in total. The zero-order valence-corrected chi connectivity index (χ0v) is 21.8. The molecule has 0 spiro atoms. The first-order valence-electron chi connectivity index (χ1n) is 11.2. The van der Waals surface area contributed by atoms with Crippen molar-refractivity contribution < 1.29 is 14.3 Å². The summed E-state index contributed by atoms with van der Waals surface area (Å²) < 4.78 is 5.77. The van der Waals surface area contributed by atoms with Gasteiger partial charge >= 0.3 is 0 Å². The molecule has 2 aromatic rings. The molecule has 2 amide bonds. The van der Waals surface area contributed by atoms with Gasteiger partial charge in [-0.05, 0) is 68.5 Å². The molecule has 2 aromatic carbocycles. The molecule has 1 atom stereocenters. The van der Waals surface area contributed by atoms with Crippen LogP contribution in [0.3, 0.4) is 0 Å². The predicted octanol–water partition coefficient (Wildman–Crippen LogP) is 6.22. The number of hydrogen-bond acceptors (Lipinski definition) is 3. The second kappa shape index (κ2) is 11.8. The van der Waals surface area contributed by atoms with E-state index in [2.05, 4.69) is 19.2 Å². The summed E-state index contributed by atoms with van der Waals surface area (Å²) in [6.45, 7) is 11.8. The molecule has 0 saturated heterocycles. The number of amides is 2. The third-order valence-corrected chi connectivity index (χ3v) is 5.74. The summed E-state index contributed by atoms with van der Waals surface area (Å²) in [5.74, 6) is 0.492. The Morgan fingerprint density at radius 2 is 1.70 bits per heavy atom. The number of hydrogen-bond donors (Lipinski definition) is 1. The van der Waals surface area contributed by atoms with E-state index in [0.29, 0.717) is 33.7 Å². The van der Waals surface area contributed by atoms with Crippen LogP contribution in [0.15, 0.2) is 42.5 Å². The van der Waals surface area contributed by atoms with Crippen LogP contribution in [0.5, 0.6) is 5.75 Å². The topological polar surface area (TPSA) is 58.6 Å². The van der Waals surface area contributed by atoms with Crippen molar-refractivity contribution in [2.24, 2.45) is 0 Å². The summed E-state index contributed by atoms with van der Waals surface area (Å²) in [5, 5.41) is 3.93. The molecule has 0 unspecified atom stereocenters. The minimum Gasteiger partial charge on any atom is -0.484 e. The molecule has 0 radical (unpaired) electrons. The lowest BCUT2D eigenvalue weighted by Gasteiger charge is -2.33. The van der Waals surface area contributed by atoms with Crippen molar-refractivity contribution in [3.8, 4) is 5.75 Å². The summed E-state index contributed by atoms with van der Waals surface area (Å²) in [5.41, 5.74) is 1.47. The lowest BCUT2D eigenvalue weighted by molar-refractivity contribution is -0.143. The van der Waals surface area contributed by atoms with Gasteiger partial charge in [0.05, 0.1) is 0 Å². The summed E-state index contributed by atoms with van der Waals surface area (Å²) in [7, 11) is 0. The molecule has 2 rings (SSSR count). The maximum atomic E-state index is 13.3. The molecule has 0 fully saturated rings. The minimum atomic E-state index is -0.671. The lowest BCUT2D eigenvalue weighted by atomic mass is 10.0. The van der Waals surface area contributed by atoms with Crippen molar-refractivity contribution in [2.45, 2.75) is 72.0 Å². The lowest BCUT2D eigenvalue weighted by Crippen LogP contribution is -2.54. The van der Waals surface area contributed by atoms with Crippen LogP contribution in [0.2, 0.25) is 10.0 Å². The molecule has 0 aliphatic carbocycles. The zero-order valence-electron chi connectivity index (χ0n) is 20.2. The predicted molar refractivity (Wildman–Crippen MR) is 135 cm³/mol. The molecule has 0 aromatic heterocycles. The van der Waals surface area contributed by atoms with E-state index in [9.17, 15) is 9.59 Å². The average molecular weight is 493 g/mol.